The molecule has 36 heavy (non-hydrogen) atoms. The molecule has 0 unspecified atom stereocenters. The second kappa shape index (κ2) is 10.6. The minimum atomic E-state index is -0.308. The van der Waals surface area contributed by atoms with Gasteiger partial charge in [-0.25, -0.2) is 0 Å². The highest BCUT2D eigenvalue weighted by Gasteiger charge is 2.19. The van der Waals surface area contributed by atoms with Crippen molar-refractivity contribution in [1.29, 1.82) is 0 Å². The first-order valence-corrected chi connectivity index (χ1v) is 12.2. The van der Waals surface area contributed by atoms with Gasteiger partial charge in [-0.1, -0.05) is 30.9 Å². The molecule has 7 nitrogen and oxygen atoms in total. The van der Waals surface area contributed by atoms with Crippen LogP contribution in [0.15, 0.2) is 59.2 Å². The number of rotatable bonds is 8. The summed E-state index contributed by atoms with van der Waals surface area (Å²) in [6, 6.07) is 7.47. The van der Waals surface area contributed by atoms with Crippen LogP contribution >= 0.6 is 11.3 Å². The van der Waals surface area contributed by atoms with Gasteiger partial charge in [0.25, 0.3) is 11.5 Å². The van der Waals surface area contributed by atoms with Gasteiger partial charge in [0, 0.05) is 33.6 Å². The number of carbonyl (C=O) groups excluding carboxylic acids is 2. The van der Waals surface area contributed by atoms with Crippen LogP contribution in [-0.2, 0) is 11.3 Å². The number of hydrogen-bond acceptors (Lipinski definition) is 6. The van der Waals surface area contributed by atoms with Crippen LogP contribution in [0.2, 0.25) is 0 Å². The zero-order valence-corrected chi connectivity index (χ0v) is 21.1. The van der Waals surface area contributed by atoms with Gasteiger partial charge >= 0.3 is 0 Å². The van der Waals surface area contributed by atoms with Crippen molar-refractivity contribution in [2.45, 2.75) is 27.3 Å². The van der Waals surface area contributed by atoms with E-state index in [0.29, 0.717) is 38.6 Å². The Morgan fingerprint density at radius 1 is 1.14 bits per heavy atom. The maximum atomic E-state index is 12.8. The van der Waals surface area contributed by atoms with Crippen molar-refractivity contribution >= 4 is 34.7 Å². The summed E-state index contributed by atoms with van der Waals surface area (Å²) in [7, 11) is 0. The Labute approximate surface area is 212 Å². The van der Waals surface area contributed by atoms with Crippen molar-refractivity contribution in [3.63, 3.8) is 0 Å². The number of hydrogen-bond donors (Lipinski definition) is 2. The molecule has 2 N–H and O–H groups in total. The Hall–Kier alpha value is -4.17. The SMILES string of the molecule is C=C(C(=O)C=CC=Cc1ccc2c(c1)OCO2)c1scc(C(=O)NCc2c(C)cc(C)[nH]c2=O)c1C. The number of ketones is 1. The van der Waals surface area contributed by atoms with E-state index in [2.05, 4.69) is 16.9 Å². The predicted octanol–water partition coefficient (Wildman–Crippen LogP) is 4.87. The van der Waals surface area contributed by atoms with Crippen molar-refractivity contribution in [3.05, 3.63) is 103 Å². The van der Waals surface area contributed by atoms with E-state index in [-0.39, 0.29) is 30.6 Å². The number of H-pyrrole nitrogens is 1. The smallest absolute Gasteiger partial charge is 0.253 e. The van der Waals surface area contributed by atoms with Gasteiger partial charge in [0.15, 0.2) is 17.3 Å². The second-order valence-corrected chi connectivity index (χ2v) is 9.28. The van der Waals surface area contributed by atoms with E-state index < -0.39 is 0 Å². The minimum Gasteiger partial charge on any atom is -0.454 e. The second-order valence-electron chi connectivity index (χ2n) is 8.40. The van der Waals surface area contributed by atoms with Gasteiger partial charge in [0.2, 0.25) is 6.79 Å². The largest absolute Gasteiger partial charge is 0.454 e. The van der Waals surface area contributed by atoms with Gasteiger partial charge in [-0.3, -0.25) is 14.4 Å². The zero-order valence-electron chi connectivity index (χ0n) is 20.3. The van der Waals surface area contributed by atoms with E-state index in [9.17, 15) is 14.4 Å². The molecule has 3 aromatic rings. The van der Waals surface area contributed by atoms with Crippen LogP contribution < -0.4 is 20.3 Å². The van der Waals surface area contributed by atoms with Crippen LogP contribution in [0.25, 0.3) is 11.6 Å². The van der Waals surface area contributed by atoms with Gasteiger partial charge in [-0.2, -0.15) is 0 Å². The summed E-state index contributed by atoms with van der Waals surface area (Å²) in [4.78, 5) is 41.0. The van der Waals surface area contributed by atoms with Crippen molar-refractivity contribution in [2.75, 3.05) is 6.79 Å². The van der Waals surface area contributed by atoms with Crippen LogP contribution in [0, 0.1) is 20.8 Å². The number of fused-ring (bicyclic) bond motifs is 1. The standard InChI is InChI=1S/C28H26N2O5S/c1-16-11-17(2)30-28(33)21(16)13-29-27(32)22-14-36-26(18(22)3)19(4)23(31)8-6-5-7-20-9-10-24-25(12-20)35-15-34-24/h5-12,14H,4,13,15H2,1-3H3,(H,29,32)(H,30,33). The molecule has 2 aromatic heterocycles. The summed E-state index contributed by atoms with van der Waals surface area (Å²) in [5.41, 5.74) is 4.25. The number of benzene rings is 1. The Kier molecular flexibility index (Phi) is 7.36. The first-order chi connectivity index (χ1) is 17.2. The third-order valence-electron chi connectivity index (χ3n) is 5.82. The minimum absolute atomic E-state index is 0.114. The van der Waals surface area contributed by atoms with Gasteiger partial charge in [0.1, 0.15) is 0 Å². The summed E-state index contributed by atoms with van der Waals surface area (Å²) in [5, 5.41) is 4.51. The summed E-state index contributed by atoms with van der Waals surface area (Å²) in [6.45, 7) is 9.70. The van der Waals surface area contributed by atoms with Crippen molar-refractivity contribution in [1.82, 2.24) is 10.3 Å². The van der Waals surface area contributed by atoms with E-state index in [1.54, 1.807) is 24.5 Å². The highest BCUT2D eigenvalue weighted by atomic mass is 32.1. The average Bonchev–Trinajstić information content (AvgIpc) is 3.46. The summed E-state index contributed by atoms with van der Waals surface area (Å²) >= 11 is 1.29. The number of aromatic nitrogens is 1. The molecule has 0 saturated heterocycles. The fourth-order valence-corrected chi connectivity index (χ4v) is 4.89. The molecule has 1 aliphatic heterocycles. The molecule has 0 saturated carbocycles. The molecule has 0 aliphatic carbocycles. The monoisotopic (exact) mass is 502 g/mol. The molecule has 1 amide bonds. The Balaban J connectivity index is 1.38. The molecule has 0 radical (unpaired) electrons. The molecule has 1 aliphatic rings. The first kappa shape index (κ1) is 24.9. The molecule has 1 aromatic carbocycles. The predicted molar refractivity (Wildman–Crippen MR) is 142 cm³/mol. The maximum Gasteiger partial charge on any atom is 0.253 e. The number of amides is 1. The van der Waals surface area contributed by atoms with Crippen molar-refractivity contribution < 1.29 is 19.1 Å². The van der Waals surface area contributed by atoms with Crippen LogP contribution in [0.3, 0.4) is 0 Å². The molecule has 0 spiro atoms. The molecule has 4 rings (SSSR count). The first-order valence-electron chi connectivity index (χ1n) is 11.3. The normalized spacial score (nSPS) is 12.4. The van der Waals surface area contributed by atoms with Gasteiger partial charge in [-0.05, 0) is 61.7 Å². The number of nitrogens with one attached hydrogen (secondary N) is 2. The van der Waals surface area contributed by atoms with E-state index in [1.807, 2.05) is 44.2 Å². The highest BCUT2D eigenvalue weighted by Crippen LogP contribution is 2.33. The molecule has 0 bridgehead atoms. The molecule has 0 fully saturated rings. The van der Waals surface area contributed by atoms with Gasteiger partial charge < -0.3 is 19.8 Å². The lowest BCUT2D eigenvalue weighted by atomic mass is 10.0. The van der Waals surface area contributed by atoms with Crippen LogP contribution in [0.1, 0.15) is 43.2 Å². The fourth-order valence-electron chi connectivity index (χ4n) is 3.84. The quantitative estimate of drug-likeness (QED) is 0.338. The summed E-state index contributed by atoms with van der Waals surface area (Å²) in [6.07, 6.45) is 6.71. The lowest BCUT2D eigenvalue weighted by molar-refractivity contribution is -0.109. The van der Waals surface area contributed by atoms with Crippen molar-refractivity contribution in [3.8, 4) is 11.5 Å². The molecule has 184 valence electrons. The van der Waals surface area contributed by atoms with E-state index in [1.165, 1.54) is 17.4 Å². The number of pyridine rings is 1. The van der Waals surface area contributed by atoms with Crippen LogP contribution in [-0.4, -0.2) is 23.5 Å². The van der Waals surface area contributed by atoms with E-state index >= 15 is 0 Å². The Morgan fingerprint density at radius 3 is 2.69 bits per heavy atom. The topological polar surface area (TPSA) is 97.5 Å². The Morgan fingerprint density at radius 2 is 1.92 bits per heavy atom. The van der Waals surface area contributed by atoms with Crippen molar-refractivity contribution in [2.24, 2.45) is 0 Å². The third kappa shape index (κ3) is 5.39. The number of thiophene rings is 1. The van der Waals surface area contributed by atoms with Crippen LogP contribution in [0.4, 0.5) is 0 Å². The number of allylic oxidation sites excluding steroid dienone is 4. The number of ether oxygens (including phenoxy) is 2. The van der Waals surface area contributed by atoms with E-state index in [0.717, 1.165) is 16.8 Å². The molecule has 0 atom stereocenters. The van der Waals surface area contributed by atoms with E-state index in [4.69, 9.17) is 9.47 Å². The fraction of sp³-hybridized carbons (Fsp3) is 0.179. The molecule has 3 heterocycles. The molecule has 8 heteroatoms. The Bertz CT molecular complexity index is 1480. The lowest BCUT2D eigenvalue weighted by Gasteiger charge is -2.08. The summed E-state index contributed by atoms with van der Waals surface area (Å²) in [5.74, 6) is 0.854. The van der Waals surface area contributed by atoms with Gasteiger partial charge in [-0.15, -0.1) is 11.3 Å². The maximum absolute atomic E-state index is 12.8. The molecular weight excluding hydrogens is 476 g/mol. The molecular formula is C28H26N2O5S. The number of aryl methyl sites for hydroxylation is 2. The summed E-state index contributed by atoms with van der Waals surface area (Å²) < 4.78 is 10.7. The number of carbonyl (C=O) groups is 2. The van der Waals surface area contributed by atoms with Gasteiger partial charge in [0.05, 0.1) is 5.56 Å². The third-order valence-corrected chi connectivity index (χ3v) is 6.96. The average molecular weight is 503 g/mol. The lowest BCUT2D eigenvalue weighted by Crippen LogP contribution is -2.28. The van der Waals surface area contributed by atoms with Crippen LogP contribution in [0.5, 0.6) is 11.5 Å². The zero-order chi connectivity index (χ0) is 25.8. The highest BCUT2D eigenvalue weighted by molar-refractivity contribution is 7.12. The number of aromatic amines is 1.